The fourth-order valence-electron chi connectivity index (χ4n) is 4.88. The maximum absolute atomic E-state index is 13.5. The van der Waals surface area contributed by atoms with Crippen LogP contribution in [0.3, 0.4) is 0 Å². The Kier molecular flexibility index (Phi) is 7.05. The van der Waals surface area contributed by atoms with Crippen LogP contribution in [0.25, 0.3) is 11.3 Å². The van der Waals surface area contributed by atoms with Gasteiger partial charge in [0.2, 0.25) is 6.79 Å². The van der Waals surface area contributed by atoms with Crippen molar-refractivity contribution in [3.63, 3.8) is 0 Å². The molecule has 0 aliphatic carbocycles. The number of benzene rings is 2. The SMILES string of the molecule is CCC[C@@H]1c2c(cc(C(=O)NCc3ccc4c(c3)OCO4)nc2-c2ccccc2)CN1[S@](=O)C(C)(C)C. The van der Waals surface area contributed by atoms with E-state index in [0.29, 0.717) is 30.3 Å². The molecule has 3 heterocycles. The van der Waals surface area contributed by atoms with E-state index in [2.05, 4.69) is 16.5 Å². The zero-order chi connectivity index (χ0) is 26.2. The molecule has 0 unspecified atom stereocenters. The third-order valence-corrected chi connectivity index (χ3v) is 8.48. The first-order chi connectivity index (χ1) is 17.8. The number of carbonyl (C=O) groups is 1. The highest BCUT2D eigenvalue weighted by molar-refractivity contribution is 7.84. The predicted octanol–water partition coefficient (Wildman–Crippen LogP) is 5.53. The summed E-state index contributed by atoms with van der Waals surface area (Å²) in [7, 11) is -1.20. The largest absolute Gasteiger partial charge is 0.454 e. The standard InChI is InChI=1S/C29H33N3O4S/c1-5-9-23-26-21(17-32(23)37(34)29(2,3)4)15-22(31-27(26)20-10-7-6-8-11-20)28(33)30-16-19-12-13-24-25(14-19)36-18-35-24/h6-8,10-15,23H,5,9,16-18H2,1-4H3,(H,30,33)/t23-,37-/m1/s1. The van der Waals surface area contributed by atoms with Gasteiger partial charge in [-0.15, -0.1) is 0 Å². The molecule has 0 fully saturated rings. The normalized spacial score (nSPS) is 17.5. The third kappa shape index (κ3) is 5.13. The molecule has 1 amide bonds. The number of amides is 1. The van der Waals surface area contributed by atoms with Crippen molar-refractivity contribution in [3.05, 3.63) is 77.0 Å². The van der Waals surface area contributed by atoms with Gasteiger partial charge in [0.15, 0.2) is 11.5 Å². The van der Waals surface area contributed by atoms with Crippen molar-refractivity contribution in [2.75, 3.05) is 6.79 Å². The van der Waals surface area contributed by atoms with Gasteiger partial charge in [-0.3, -0.25) is 4.79 Å². The molecule has 2 aliphatic heterocycles. The number of rotatable bonds is 7. The number of hydrogen-bond acceptors (Lipinski definition) is 5. The van der Waals surface area contributed by atoms with E-state index in [4.69, 9.17) is 14.5 Å². The predicted molar refractivity (Wildman–Crippen MR) is 144 cm³/mol. The van der Waals surface area contributed by atoms with E-state index in [-0.39, 0.29) is 23.5 Å². The van der Waals surface area contributed by atoms with Crippen molar-refractivity contribution in [1.82, 2.24) is 14.6 Å². The van der Waals surface area contributed by atoms with Gasteiger partial charge < -0.3 is 14.8 Å². The van der Waals surface area contributed by atoms with Crippen LogP contribution in [0, 0.1) is 0 Å². The zero-order valence-electron chi connectivity index (χ0n) is 21.7. The lowest BCUT2D eigenvalue weighted by Crippen LogP contribution is -2.36. The van der Waals surface area contributed by atoms with E-state index in [1.54, 1.807) is 0 Å². The summed E-state index contributed by atoms with van der Waals surface area (Å²) in [5.74, 6) is 1.14. The van der Waals surface area contributed by atoms with Crippen molar-refractivity contribution in [2.24, 2.45) is 0 Å². The number of nitrogens with zero attached hydrogens (tertiary/aromatic N) is 2. The minimum atomic E-state index is -1.20. The van der Waals surface area contributed by atoms with E-state index in [9.17, 15) is 9.00 Å². The van der Waals surface area contributed by atoms with Crippen LogP contribution in [0.2, 0.25) is 0 Å². The topological polar surface area (TPSA) is 80.8 Å². The second kappa shape index (κ2) is 10.3. The van der Waals surface area contributed by atoms with Gasteiger partial charge in [-0.05, 0) is 56.5 Å². The summed E-state index contributed by atoms with van der Waals surface area (Å²) < 4.78 is 26.1. The molecule has 1 N–H and O–H groups in total. The van der Waals surface area contributed by atoms with Gasteiger partial charge in [0, 0.05) is 24.2 Å². The van der Waals surface area contributed by atoms with Crippen molar-refractivity contribution >= 4 is 16.9 Å². The van der Waals surface area contributed by atoms with Crippen molar-refractivity contribution in [2.45, 2.75) is 64.4 Å². The van der Waals surface area contributed by atoms with Gasteiger partial charge in [0.1, 0.15) is 16.7 Å². The third-order valence-electron chi connectivity index (χ3n) is 6.62. The Morgan fingerprint density at radius 1 is 1.11 bits per heavy atom. The van der Waals surface area contributed by atoms with Crippen LogP contribution in [0.1, 0.15) is 73.8 Å². The molecule has 2 atom stereocenters. The minimum Gasteiger partial charge on any atom is -0.454 e. The fraction of sp³-hybridized carbons (Fsp3) is 0.379. The lowest BCUT2D eigenvalue weighted by molar-refractivity contribution is 0.0946. The molecular weight excluding hydrogens is 486 g/mol. The van der Waals surface area contributed by atoms with Gasteiger partial charge in [0.05, 0.1) is 16.5 Å². The Morgan fingerprint density at radius 3 is 2.59 bits per heavy atom. The average molecular weight is 520 g/mol. The van der Waals surface area contributed by atoms with Crippen LogP contribution in [0.5, 0.6) is 11.5 Å². The second-order valence-electron chi connectivity index (χ2n) is 10.4. The van der Waals surface area contributed by atoms with Crippen molar-refractivity contribution in [1.29, 1.82) is 0 Å². The number of nitrogens with one attached hydrogen (secondary N) is 1. The molecule has 0 radical (unpaired) electrons. The molecule has 7 nitrogen and oxygen atoms in total. The molecule has 0 saturated heterocycles. The van der Waals surface area contributed by atoms with E-state index in [1.165, 1.54) is 0 Å². The molecule has 0 spiro atoms. The average Bonchev–Trinajstić information content (AvgIpc) is 3.50. The van der Waals surface area contributed by atoms with Gasteiger partial charge in [-0.25, -0.2) is 13.5 Å². The fourth-order valence-corrected chi connectivity index (χ4v) is 6.28. The summed E-state index contributed by atoms with van der Waals surface area (Å²) in [4.78, 5) is 18.2. The first kappa shape index (κ1) is 25.4. The quantitative estimate of drug-likeness (QED) is 0.444. The molecule has 8 heteroatoms. The van der Waals surface area contributed by atoms with E-state index in [0.717, 1.165) is 40.8 Å². The van der Waals surface area contributed by atoms with Gasteiger partial charge in [-0.2, -0.15) is 0 Å². The van der Waals surface area contributed by atoms with E-state index in [1.807, 2.05) is 75.4 Å². The summed E-state index contributed by atoms with van der Waals surface area (Å²) in [5, 5.41) is 3.00. The van der Waals surface area contributed by atoms with Crippen LogP contribution < -0.4 is 14.8 Å². The summed E-state index contributed by atoms with van der Waals surface area (Å²) in [5.41, 5.74) is 5.11. The first-order valence-corrected chi connectivity index (χ1v) is 13.8. The highest BCUT2D eigenvalue weighted by Crippen LogP contribution is 2.44. The molecule has 2 aliphatic rings. The Labute approximate surface area is 220 Å². The van der Waals surface area contributed by atoms with E-state index < -0.39 is 11.0 Å². The Hall–Kier alpha value is -3.23. The van der Waals surface area contributed by atoms with Crippen LogP contribution in [-0.4, -0.2) is 30.9 Å². The highest BCUT2D eigenvalue weighted by Gasteiger charge is 2.40. The summed E-state index contributed by atoms with van der Waals surface area (Å²) in [6.07, 6.45) is 1.82. The number of fused-ring (bicyclic) bond motifs is 2. The molecule has 194 valence electrons. The zero-order valence-corrected chi connectivity index (χ0v) is 22.6. The maximum atomic E-state index is 13.5. The number of aromatic nitrogens is 1. The monoisotopic (exact) mass is 519 g/mol. The Bertz CT molecular complexity index is 1340. The van der Waals surface area contributed by atoms with Gasteiger partial charge in [0.25, 0.3) is 5.91 Å². The number of pyridine rings is 1. The van der Waals surface area contributed by atoms with Crippen molar-refractivity contribution in [3.8, 4) is 22.8 Å². The molecule has 0 saturated carbocycles. The Balaban J connectivity index is 1.49. The molecular formula is C29H33N3O4S. The Morgan fingerprint density at radius 2 is 1.86 bits per heavy atom. The molecule has 1 aromatic heterocycles. The molecule has 3 aromatic rings. The lowest BCUT2D eigenvalue weighted by atomic mass is 9.95. The van der Waals surface area contributed by atoms with Crippen LogP contribution >= 0.6 is 0 Å². The summed E-state index contributed by atoms with van der Waals surface area (Å²) in [6, 6.07) is 17.4. The van der Waals surface area contributed by atoms with E-state index >= 15 is 0 Å². The number of hydrogen-bond donors (Lipinski definition) is 1. The smallest absolute Gasteiger partial charge is 0.270 e. The van der Waals surface area contributed by atoms with Crippen molar-refractivity contribution < 1.29 is 18.5 Å². The van der Waals surface area contributed by atoms with Crippen LogP contribution in [-0.2, 0) is 24.1 Å². The molecule has 5 rings (SSSR count). The van der Waals surface area contributed by atoms with Crippen LogP contribution in [0.4, 0.5) is 0 Å². The molecule has 2 aromatic carbocycles. The second-order valence-corrected chi connectivity index (χ2v) is 12.6. The lowest BCUT2D eigenvalue weighted by Gasteiger charge is -2.30. The number of carbonyl (C=O) groups excluding carboxylic acids is 1. The van der Waals surface area contributed by atoms with Gasteiger partial charge >= 0.3 is 0 Å². The highest BCUT2D eigenvalue weighted by atomic mass is 32.2. The maximum Gasteiger partial charge on any atom is 0.270 e. The number of ether oxygens (including phenoxy) is 2. The summed E-state index contributed by atoms with van der Waals surface area (Å²) in [6.45, 7) is 9.22. The minimum absolute atomic E-state index is 0.0199. The first-order valence-electron chi connectivity index (χ1n) is 12.7. The van der Waals surface area contributed by atoms with Crippen LogP contribution in [0.15, 0.2) is 54.6 Å². The van der Waals surface area contributed by atoms with Gasteiger partial charge in [-0.1, -0.05) is 49.7 Å². The molecule has 37 heavy (non-hydrogen) atoms. The molecule has 0 bridgehead atoms. The summed E-state index contributed by atoms with van der Waals surface area (Å²) >= 11 is 0.